The van der Waals surface area contributed by atoms with Gasteiger partial charge in [-0.25, -0.2) is 13.4 Å². The number of pyridine rings is 1. The molecule has 1 aromatic heterocycles. The zero-order valence-corrected chi connectivity index (χ0v) is 21.2. The second kappa shape index (κ2) is 9.10. The summed E-state index contributed by atoms with van der Waals surface area (Å²) in [5, 5.41) is 2.94. The number of nitrogens with one attached hydrogen (secondary N) is 1. The summed E-state index contributed by atoms with van der Waals surface area (Å²) in [6.07, 6.45) is 2.46. The number of nitrogens with two attached hydrogens (primary N) is 1. The summed E-state index contributed by atoms with van der Waals surface area (Å²) in [7, 11) is -3.86. The highest BCUT2D eigenvalue weighted by molar-refractivity contribution is 7.89. The fourth-order valence-corrected chi connectivity index (χ4v) is 6.78. The predicted octanol–water partition coefficient (Wildman–Crippen LogP) is 2.79. The van der Waals surface area contributed by atoms with Gasteiger partial charge in [0.05, 0.1) is 16.0 Å². The van der Waals surface area contributed by atoms with E-state index in [2.05, 4.69) is 10.3 Å². The second-order valence-corrected chi connectivity index (χ2v) is 11.6. The fraction of sp³-hybridized carbons (Fsp3) is 0.296. The second-order valence-electron chi connectivity index (χ2n) is 9.71. The minimum atomic E-state index is -3.86. The summed E-state index contributed by atoms with van der Waals surface area (Å²) < 4.78 is 38.2. The molecule has 38 heavy (non-hydrogen) atoms. The molecule has 0 unspecified atom stereocenters. The Hall–Kier alpha value is -3.96. The first kappa shape index (κ1) is 24.4. The Kier molecular flexibility index (Phi) is 5.84. The van der Waals surface area contributed by atoms with E-state index in [0.717, 1.165) is 18.4 Å². The number of amides is 2. The van der Waals surface area contributed by atoms with Crippen LogP contribution in [-0.2, 0) is 25.0 Å². The van der Waals surface area contributed by atoms with Gasteiger partial charge < -0.3 is 20.5 Å². The van der Waals surface area contributed by atoms with Crippen molar-refractivity contribution in [3.63, 3.8) is 0 Å². The maximum Gasteiger partial charge on any atom is 0.243 e. The number of sulfonamides is 1. The summed E-state index contributed by atoms with van der Waals surface area (Å²) in [5.41, 5.74) is 6.91. The van der Waals surface area contributed by atoms with E-state index >= 15 is 0 Å². The summed E-state index contributed by atoms with van der Waals surface area (Å²) in [5.74, 6) is 0.931. The van der Waals surface area contributed by atoms with Crippen LogP contribution in [0.3, 0.4) is 0 Å². The third kappa shape index (κ3) is 4.17. The van der Waals surface area contributed by atoms with Crippen molar-refractivity contribution in [2.75, 3.05) is 18.7 Å². The summed E-state index contributed by atoms with van der Waals surface area (Å²) in [6.45, 7) is 0.433. The molecule has 1 atom stereocenters. The van der Waals surface area contributed by atoms with Crippen molar-refractivity contribution in [3.8, 4) is 22.8 Å². The number of fused-ring (bicyclic) bond motifs is 1. The molecule has 1 saturated heterocycles. The van der Waals surface area contributed by atoms with Gasteiger partial charge in [0.15, 0.2) is 11.5 Å². The molecule has 1 aliphatic carbocycles. The highest BCUT2D eigenvalue weighted by atomic mass is 32.2. The van der Waals surface area contributed by atoms with Gasteiger partial charge >= 0.3 is 0 Å². The van der Waals surface area contributed by atoms with E-state index < -0.39 is 27.4 Å². The van der Waals surface area contributed by atoms with Crippen molar-refractivity contribution in [1.82, 2.24) is 9.29 Å². The van der Waals surface area contributed by atoms with Crippen LogP contribution in [-0.4, -0.2) is 48.9 Å². The van der Waals surface area contributed by atoms with Gasteiger partial charge in [-0.15, -0.1) is 0 Å². The van der Waals surface area contributed by atoms with Crippen LogP contribution in [0.25, 0.3) is 11.3 Å². The first-order valence-corrected chi connectivity index (χ1v) is 13.8. The maximum absolute atomic E-state index is 13.3. The van der Waals surface area contributed by atoms with Crippen LogP contribution in [0.2, 0.25) is 0 Å². The lowest BCUT2D eigenvalue weighted by Crippen LogP contribution is -2.43. The predicted molar refractivity (Wildman–Crippen MR) is 138 cm³/mol. The minimum absolute atomic E-state index is 0.0817. The number of hydrogen-bond donors (Lipinski definition) is 2. The van der Waals surface area contributed by atoms with Crippen LogP contribution in [0.5, 0.6) is 11.5 Å². The maximum atomic E-state index is 13.3. The first-order valence-electron chi connectivity index (χ1n) is 12.4. The SMILES string of the molecule is NC(=O)[C@@H]1CCCN1S(=O)(=O)c1ccc(-c2cccc(NC(=O)C3(c4ccc5c(c4)OCO5)CC3)n2)cc1. The van der Waals surface area contributed by atoms with Gasteiger partial charge in [0, 0.05) is 12.1 Å². The average molecular weight is 535 g/mol. The molecule has 2 aliphatic heterocycles. The van der Waals surface area contributed by atoms with E-state index in [9.17, 15) is 18.0 Å². The molecular formula is C27H26N4O6S. The normalized spacial score (nSPS) is 19.7. The van der Waals surface area contributed by atoms with Crippen LogP contribution < -0.4 is 20.5 Å². The summed E-state index contributed by atoms with van der Waals surface area (Å²) in [6, 6.07) is 16.3. The molecule has 3 N–H and O–H groups in total. The van der Waals surface area contributed by atoms with E-state index in [1.807, 2.05) is 18.2 Å². The molecule has 2 amide bonds. The lowest BCUT2D eigenvalue weighted by atomic mass is 9.94. The lowest BCUT2D eigenvalue weighted by molar-refractivity contribution is -0.121. The number of aromatic nitrogens is 1. The van der Waals surface area contributed by atoms with Gasteiger partial charge in [0.25, 0.3) is 0 Å². The van der Waals surface area contributed by atoms with Crippen molar-refractivity contribution in [2.24, 2.45) is 5.73 Å². The molecule has 10 nitrogen and oxygen atoms in total. The Labute approximate surface area is 219 Å². The van der Waals surface area contributed by atoms with E-state index in [1.54, 1.807) is 30.3 Å². The van der Waals surface area contributed by atoms with E-state index in [1.165, 1.54) is 16.4 Å². The number of hydrogen-bond acceptors (Lipinski definition) is 7. The molecule has 3 aromatic rings. The zero-order valence-electron chi connectivity index (χ0n) is 20.4. The summed E-state index contributed by atoms with van der Waals surface area (Å²) >= 11 is 0. The highest BCUT2D eigenvalue weighted by Gasteiger charge is 2.51. The third-order valence-electron chi connectivity index (χ3n) is 7.39. The molecule has 0 radical (unpaired) electrons. The van der Waals surface area contributed by atoms with Gasteiger partial charge in [-0.1, -0.05) is 24.3 Å². The van der Waals surface area contributed by atoms with Crippen LogP contribution in [0.15, 0.2) is 65.6 Å². The molecule has 6 rings (SSSR count). The zero-order chi connectivity index (χ0) is 26.5. The number of nitrogens with zero attached hydrogens (tertiary/aromatic N) is 2. The number of primary amides is 1. The number of anilines is 1. The van der Waals surface area contributed by atoms with Crippen LogP contribution in [0.4, 0.5) is 5.82 Å². The van der Waals surface area contributed by atoms with Crippen LogP contribution in [0.1, 0.15) is 31.2 Å². The number of ether oxygens (including phenoxy) is 2. The molecule has 11 heteroatoms. The molecule has 2 fully saturated rings. The van der Waals surface area contributed by atoms with Crippen molar-refractivity contribution < 1.29 is 27.5 Å². The quantitative estimate of drug-likeness (QED) is 0.475. The summed E-state index contributed by atoms with van der Waals surface area (Å²) in [4.78, 5) is 29.6. The van der Waals surface area contributed by atoms with E-state index in [0.29, 0.717) is 41.4 Å². The van der Waals surface area contributed by atoms with Gasteiger partial charge in [-0.2, -0.15) is 4.31 Å². The molecule has 3 heterocycles. The van der Waals surface area contributed by atoms with Gasteiger partial charge in [0.1, 0.15) is 11.9 Å². The first-order chi connectivity index (χ1) is 18.3. The largest absolute Gasteiger partial charge is 0.454 e. The van der Waals surface area contributed by atoms with Gasteiger partial charge in [-0.3, -0.25) is 9.59 Å². The topological polar surface area (TPSA) is 141 Å². The standard InChI is InChI=1S/C27H26N4O6S/c28-25(32)21-4-2-14-31(21)38(34,35)19-9-6-17(7-10-19)20-3-1-5-24(29-20)30-26(33)27(12-13-27)18-8-11-22-23(15-18)37-16-36-22/h1,3,5-11,15,21H,2,4,12-14,16H2,(H2,28,32)(H,29,30,33)/t21-/m0/s1. The highest BCUT2D eigenvalue weighted by Crippen LogP contribution is 2.51. The van der Waals surface area contributed by atoms with Crippen LogP contribution in [0, 0.1) is 0 Å². The number of benzene rings is 2. The van der Waals surface area contributed by atoms with Crippen molar-refractivity contribution in [1.29, 1.82) is 0 Å². The Morgan fingerprint density at radius 3 is 2.53 bits per heavy atom. The Bertz CT molecular complexity index is 1540. The lowest BCUT2D eigenvalue weighted by Gasteiger charge is -2.21. The number of carbonyl (C=O) groups is 2. The van der Waals surface area contributed by atoms with Crippen molar-refractivity contribution in [2.45, 2.75) is 42.0 Å². The van der Waals surface area contributed by atoms with Crippen molar-refractivity contribution in [3.05, 3.63) is 66.2 Å². The number of carbonyl (C=O) groups excluding carboxylic acids is 2. The molecule has 0 spiro atoms. The smallest absolute Gasteiger partial charge is 0.243 e. The van der Waals surface area contributed by atoms with Crippen LogP contribution >= 0.6 is 0 Å². The average Bonchev–Trinajstić information content (AvgIpc) is 3.33. The van der Waals surface area contributed by atoms with Crippen molar-refractivity contribution >= 4 is 27.7 Å². The number of rotatable bonds is 7. The van der Waals surface area contributed by atoms with E-state index in [-0.39, 0.29) is 24.1 Å². The molecule has 2 aromatic carbocycles. The van der Waals surface area contributed by atoms with Gasteiger partial charge in [0.2, 0.25) is 28.6 Å². The fourth-order valence-electron chi connectivity index (χ4n) is 5.11. The van der Waals surface area contributed by atoms with E-state index in [4.69, 9.17) is 15.2 Å². The monoisotopic (exact) mass is 534 g/mol. The Morgan fingerprint density at radius 2 is 1.79 bits per heavy atom. The Morgan fingerprint density at radius 1 is 1.03 bits per heavy atom. The third-order valence-corrected chi connectivity index (χ3v) is 9.31. The molecule has 1 saturated carbocycles. The molecule has 3 aliphatic rings. The molecule has 0 bridgehead atoms. The Balaban J connectivity index is 1.19. The molecular weight excluding hydrogens is 508 g/mol. The van der Waals surface area contributed by atoms with Gasteiger partial charge in [-0.05, 0) is 67.6 Å². The molecule has 196 valence electrons. The minimum Gasteiger partial charge on any atom is -0.454 e.